The van der Waals surface area contributed by atoms with Crippen molar-refractivity contribution >= 4 is 5.78 Å². The quantitative estimate of drug-likeness (QED) is 0.774. The summed E-state index contributed by atoms with van der Waals surface area (Å²) >= 11 is 0. The van der Waals surface area contributed by atoms with E-state index in [9.17, 15) is 4.79 Å². The van der Waals surface area contributed by atoms with E-state index in [1.54, 1.807) is 0 Å². The maximum atomic E-state index is 12.3. The van der Waals surface area contributed by atoms with Crippen LogP contribution in [0.25, 0.3) is 0 Å². The van der Waals surface area contributed by atoms with Gasteiger partial charge in [0, 0.05) is 11.3 Å². The lowest BCUT2D eigenvalue weighted by atomic mass is 9.69. The molecule has 0 amide bonds. The van der Waals surface area contributed by atoms with Crippen molar-refractivity contribution in [1.29, 1.82) is 0 Å². The number of rotatable bonds is 4. The number of ketones is 1. The number of hydrogen-bond donors (Lipinski definition) is 1. The maximum Gasteiger partial charge on any atom is 0.141 e. The number of piperidine rings is 1. The minimum Gasteiger partial charge on any atom is -0.316 e. The predicted molar refractivity (Wildman–Crippen MR) is 63.8 cm³/mol. The van der Waals surface area contributed by atoms with E-state index in [0.29, 0.717) is 11.7 Å². The van der Waals surface area contributed by atoms with Crippen LogP contribution in [0.1, 0.15) is 47.0 Å². The molecule has 1 N–H and O–H groups in total. The Balaban J connectivity index is 2.66. The summed E-state index contributed by atoms with van der Waals surface area (Å²) < 4.78 is 0. The van der Waals surface area contributed by atoms with Gasteiger partial charge in [0.1, 0.15) is 5.78 Å². The normalized spacial score (nSPS) is 24.9. The van der Waals surface area contributed by atoms with Crippen LogP contribution in [0, 0.1) is 17.3 Å². The first kappa shape index (κ1) is 12.7. The number of Topliss-reactive ketones (excluding diaryl/α,β-unsaturated/α-hetero) is 1. The van der Waals surface area contributed by atoms with Gasteiger partial charge in [0.2, 0.25) is 0 Å². The van der Waals surface area contributed by atoms with E-state index < -0.39 is 0 Å². The Morgan fingerprint density at radius 1 is 1.53 bits per heavy atom. The summed E-state index contributed by atoms with van der Waals surface area (Å²) in [6.07, 6.45) is 3.37. The van der Waals surface area contributed by atoms with Crippen molar-refractivity contribution in [1.82, 2.24) is 5.32 Å². The van der Waals surface area contributed by atoms with Crippen LogP contribution >= 0.6 is 0 Å². The fourth-order valence-electron chi connectivity index (χ4n) is 2.49. The molecule has 0 bridgehead atoms. The minimum absolute atomic E-state index is 0.150. The molecule has 0 aromatic rings. The van der Waals surface area contributed by atoms with Gasteiger partial charge in [-0.15, -0.1) is 0 Å². The molecule has 0 aromatic heterocycles. The third-order valence-corrected chi connectivity index (χ3v) is 4.01. The van der Waals surface area contributed by atoms with Crippen molar-refractivity contribution in [2.24, 2.45) is 17.3 Å². The highest BCUT2D eigenvalue weighted by Crippen LogP contribution is 2.35. The molecule has 1 fully saturated rings. The smallest absolute Gasteiger partial charge is 0.141 e. The van der Waals surface area contributed by atoms with Crippen LogP contribution in [0.5, 0.6) is 0 Å². The van der Waals surface area contributed by atoms with Gasteiger partial charge in [0.05, 0.1) is 0 Å². The number of hydrogen-bond acceptors (Lipinski definition) is 2. The van der Waals surface area contributed by atoms with E-state index in [2.05, 4.69) is 33.0 Å². The van der Waals surface area contributed by atoms with E-state index in [1.807, 2.05) is 0 Å². The molecule has 0 radical (unpaired) electrons. The van der Waals surface area contributed by atoms with Gasteiger partial charge in [-0.25, -0.2) is 0 Å². The average molecular weight is 211 g/mol. The van der Waals surface area contributed by atoms with Gasteiger partial charge in [-0.05, 0) is 38.3 Å². The van der Waals surface area contributed by atoms with Gasteiger partial charge < -0.3 is 5.32 Å². The van der Waals surface area contributed by atoms with Crippen molar-refractivity contribution in [3.8, 4) is 0 Å². The Kier molecular flexibility index (Phi) is 4.32. The van der Waals surface area contributed by atoms with Gasteiger partial charge in [-0.3, -0.25) is 4.79 Å². The van der Waals surface area contributed by atoms with Crippen molar-refractivity contribution in [3.63, 3.8) is 0 Å². The first-order chi connectivity index (χ1) is 7.00. The lowest BCUT2D eigenvalue weighted by molar-refractivity contribution is -0.134. The molecular formula is C13H25NO. The molecule has 2 nitrogen and oxygen atoms in total. The van der Waals surface area contributed by atoms with E-state index in [1.165, 1.54) is 12.8 Å². The lowest BCUT2D eigenvalue weighted by Gasteiger charge is -2.37. The summed E-state index contributed by atoms with van der Waals surface area (Å²) in [6, 6.07) is 0. The minimum atomic E-state index is -0.150. The molecule has 2 atom stereocenters. The third kappa shape index (κ3) is 2.81. The lowest BCUT2D eigenvalue weighted by Crippen LogP contribution is -2.44. The summed E-state index contributed by atoms with van der Waals surface area (Å²) in [7, 11) is 0. The summed E-state index contributed by atoms with van der Waals surface area (Å²) in [6.45, 7) is 10.5. The van der Waals surface area contributed by atoms with Crippen molar-refractivity contribution < 1.29 is 4.79 Å². The maximum absolute atomic E-state index is 12.3. The Labute approximate surface area is 93.8 Å². The van der Waals surface area contributed by atoms with Crippen molar-refractivity contribution in [2.45, 2.75) is 47.0 Å². The topological polar surface area (TPSA) is 29.1 Å². The third-order valence-electron chi connectivity index (χ3n) is 4.01. The van der Waals surface area contributed by atoms with Crippen LogP contribution in [0.15, 0.2) is 0 Å². The zero-order valence-corrected chi connectivity index (χ0v) is 10.6. The average Bonchev–Trinajstić information content (AvgIpc) is 2.28. The summed E-state index contributed by atoms with van der Waals surface area (Å²) in [5.41, 5.74) is -0.150. The van der Waals surface area contributed by atoms with Gasteiger partial charge >= 0.3 is 0 Å². The standard InChI is InChI=1S/C13H25NO/c1-5-10(2)12(15)13(3,4)11-7-6-8-14-9-11/h10-11,14H,5-9H2,1-4H3. The Bertz CT molecular complexity index is 217. The van der Waals surface area contributed by atoms with E-state index in [0.717, 1.165) is 19.5 Å². The van der Waals surface area contributed by atoms with Gasteiger partial charge in [0.25, 0.3) is 0 Å². The van der Waals surface area contributed by atoms with E-state index in [4.69, 9.17) is 0 Å². The molecule has 88 valence electrons. The summed E-state index contributed by atoms with van der Waals surface area (Å²) in [5.74, 6) is 1.17. The second kappa shape index (κ2) is 5.11. The Hall–Kier alpha value is -0.370. The molecule has 1 aliphatic heterocycles. The molecule has 1 rings (SSSR count). The fourth-order valence-corrected chi connectivity index (χ4v) is 2.49. The zero-order valence-electron chi connectivity index (χ0n) is 10.6. The first-order valence-electron chi connectivity index (χ1n) is 6.25. The monoisotopic (exact) mass is 211 g/mol. The van der Waals surface area contributed by atoms with Crippen LogP contribution in [0.4, 0.5) is 0 Å². The largest absolute Gasteiger partial charge is 0.316 e. The SMILES string of the molecule is CCC(C)C(=O)C(C)(C)C1CCCNC1. The van der Waals surface area contributed by atoms with Crippen LogP contribution in [-0.4, -0.2) is 18.9 Å². The van der Waals surface area contributed by atoms with E-state index >= 15 is 0 Å². The first-order valence-corrected chi connectivity index (χ1v) is 6.25. The molecule has 1 aliphatic rings. The predicted octanol–water partition coefficient (Wildman–Crippen LogP) is 2.63. The van der Waals surface area contributed by atoms with E-state index in [-0.39, 0.29) is 11.3 Å². The fraction of sp³-hybridized carbons (Fsp3) is 0.923. The summed E-state index contributed by atoms with van der Waals surface area (Å²) in [4.78, 5) is 12.3. The van der Waals surface area contributed by atoms with Gasteiger partial charge in [-0.1, -0.05) is 27.7 Å². The highest BCUT2D eigenvalue weighted by atomic mass is 16.1. The molecule has 0 saturated carbocycles. The second-order valence-electron chi connectivity index (χ2n) is 5.44. The molecule has 1 saturated heterocycles. The Morgan fingerprint density at radius 3 is 2.67 bits per heavy atom. The second-order valence-corrected chi connectivity index (χ2v) is 5.44. The number of carbonyl (C=O) groups is 1. The van der Waals surface area contributed by atoms with Crippen LogP contribution < -0.4 is 5.32 Å². The van der Waals surface area contributed by atoms with Crippen LogP contribution in [0.3, 0.4) is 0 Å². The van der Waals surface area contributed by atoms with Gasteiger partial charge in [-0.2, -0.15) is 0 Å². The highest BCUT2D eigenvalue weighted by molar-refractivity contribution is 5.86. The molecule has 15 heavy (non-hydrogen) atoms. The van der Waals surface area contributed by atoms with Crippen LogP contribution in [-0.2, 0) is 4.79 Å². The molecule has 2 unspecified atom stereocenters. The van der Waals surface area contributed by atoms with Crippen LogP contribution in [0.2, 0.25) is 0 Å². The Morgan fingerprint density at radius 2 is 2.20 bits per heavy atom. The summed E-state index contributed by atoms with van der Waals surface area (Å²) in [5, 5.41) is 3.40. The zero-order chi connectivity index (χ0) is 11.5. The van der Waals surface area contributed by atoms with Gasteiger partial charge in [0.15, 0.2) is 0 Å². The molecule has 1 heterocycles. The molecule has 2 heteroatoms. The number of nitrogens with one attached hydrogen (secondary N) is 1. The van der Waals surface area contributed by atoms with Crippen molar-refractivity contribution in [2.75, 3.05) is 13.1 Å². The molecule has 0 aliphatic carbocycles. The van der Waals surface area contributed by atoms with Crippen molar-refractivity contribution in [3.05, 3.63) is 0 Å². The highest BCUT2D eigenvalue weighted by Gasteiger charge is 2.38. The molecular weight excluding hydrogens is 186 g/mol. The number of carbonyl (C=O) groups excluding carboxylic acids is 1. The molecule has 0 aromatic carbocycles. The molecule has 0 spiro atoms.